The third-order valence-electron chi connectivity index (χ3n) is 3.25. The van der Waals surface area contributed by atoms with Gasteiger partial charge in [-0.1, -0.05) is 12.1 Å². The number of carbonyl (C=O) groups is 1. The first-order chi connectivity index (χ1) is 11.1. The molecule has 6 nitrogen and oxygen atoms in total. The van der Waals surface area contributed by atoms with Crippen LogP contribution in [0.4, 0.5) is 4.79 Å². The van der Waals surface area contributed by atoms with Gasteiger partial charge in [0.25, 0.3) is 0 Å². The van der Waals surface area contributed by atoms with Gasteiger partial charge in [-0.15, -0.1) is 11.3 Å². The summed E-state index contributed by atoms with van der Waals surface area (Å²) in [5, 5.41) is 17.5. The third kappa shape index (κ3) is 4.87. The van der Waals surface area contributed by atoms with Gasteiger partial charge in [0, 0.05) is 11.4 Å². The predicted molar refractivity (Wildman–Crippen MR) is 89.1 cm³/mol. The topological polar surface area (TPSA) is 79.8 Å². The molecule has 1 unspecified atom stereocenters. The summed E-state index contributed by atoms with van der Waals surface area (Å²) in [5.41, 5.74) is 0.640. The molecule has 2 rings (SSSR count). The van der Waals surface area contributed by atoms with E-state index in [-0.39, 0.29) is 12.6 Å². The van der Waals surface area contributed by atoms with Gasteiger partial charge in [-0.2, -0.15) is 0 Å². The molecule has 3 N–H and O–H groups in total. The van der Waals surface area contributed by atoms with Crippen LogP contribution >= 0.6 is 11.3 Å². The van der Waals surface area contributed by atoms with Crippen molar-refractivity contribution in [1.82, 2.24) is 10.6 Å². The fraction of sp³-hybridized carbons (Fsp3) is 0.312. The van der Waals surface area contributed by atoms with Gasteiger partial charge in [-0.3, -0.25) is 0 Å². The van der Waals surface area contributed by atoms with E-state index in [1.165, 1.54) is 7.11 Å². The predicted octanol–water partition coefficient (Wildman–Crippen LogP) is 2.30. The smallest absolute Gasteiger partial charge is 0.315 e. The average Bonchev–Trinajstić information content (AvgIpc) is 3.10. The summed E-state index contributed by atoms with van der Waals surface area (Å²) in [6, 6.07) is 8.70. The van der Waals surface area contributed by atoms with Crippen LogP contribution in [0.3, 0.4) is 0 Å². The van der Waals surface area contributed by atoms with Crippen molar-refractivity contribution in [1.29, 1.82) is 0 Å². The molecule has 0 aliphatic carbocycles. The van der Waals surface area contributed by atoms with Gasteiger partial charge >= 0.3 is 6.03 Å². The second-order valence-corrected chi connectivity index (χ2v) is 5.81. The second kappa shape index (κ2) is 8.40. The van der Waals surface area contributed by atoms with E-state index < -0.39 is 6.10 Å². The molecule has 0 bridgehead atoms. The Bertz CT molecular complexity index is 631. The van der Waals surface area contributed by atoms with Gasteiger partial charge in [-0.05, 0) is 29.1 Å². The molecule has 1 atom stereocenters. The maximum Gasteiger partial charge on any atom is 0.315 e. The average molecular weight is 336 g/mol. The van der Waals surface area contributed by atoms with E-state index in [0.29, 0.717) is 23.6 Å². The largest absolute Gasteiger partial charge is 0.493 e. The lowest BCUT2D eigenvalue weighted by molar-refractivity contribution is 0.172. The zero-order valence-electron chi connectivity index (χ0n) is 13.0. The molecule has 2 amide bonds. The Kier molecular flexibility index (Phi) is 6.25. The fourth-order valence-corrected chi connectivity index (χ4v) is 2.65. The van der Waals surface area contributed by atoms with E-state index in [1.807, 2.05) is 17.5 Å². The highest BCUT2D eigenvalue weighted by Gasteiger charge is 2.13. The van der Waals surface area contributed by atoms with E-state index in [2.05, 4.69) is 10.6 Å². The summed E-state index contributed by atoms with van der Waals surface area (Å²) >= 11 is 1.58. The number of methoxy groups -OCH3 is 2. The van der Waals surface area contributed by atoms with Gasteiger partial charge in [0.2, 0.25) is 0 Å². The van der Waals surface area contributed by atoms with E-state index in [9.17, 15) is 9.90 Å². The van der Waals surface area contributed by atoms with Crippen molar-refractivity contribution in [3.05, 3.63) is 46.2 Å². The van der Waals surface area contributed by atoms with Gasteiger partial charge in [0.05, 0.1) is 26.9 Å². The Hall–Kier alpha value is -2.25. The molecule has 124 valence electrons. The minimum atomic E-state index is -0.831. The maximum absolute atomic E-state index is 11.7. The standard InChI is InChI=1S/C16H20N2O4S/c1-21-14-6-5-11(8-15(14)22-2)13(19)10-18-16(20)17-9-12-4-3-7-23-12/h3-8,13,19H,9-10H2,1-2H3,(H2,17,18,20). The third-order valence-corrected chi connectivity index (χ3v) is 4.13. The molecule has 0 spiro atoms. The number of aliphatic hydroxyl groups is 1. The number of hydrogen-bond acceptors (Lipinski definition) is 5. The molecule has 0 aliphatic rings. The Morgan fingerprint density at radius 3 is 2.65 bits per heavy atom. The van der Waals surface area contributed by atoms with Crippen LogP contribution < -0.4 is 20.1 Å². The lowest BCUT2D eigenvalue weighted by atomic mass is 10.1. The van der Waals surface area contributed by atoms with Crippen LogP contribution in [0.2, 0.25) is 0 Å². The van der Waals surface area contributed by atoms with Crippen LogP contribution in [0.1, 0.15) is 16.5 Å². The summed E-state index contributed by atoms with van der Waals surface area (Å²) < 4.78 is 10.3. The molecule has 0 saturated heterocycles. The summed E-state index contributed by atoms with van der Waals surface area (Å²) in [7, 11) is 3.08. The molecule has 1 aromatic carbocycles. The van der Waals surface area contributed by atoms with Crippen molar-refractivity contribution in [3.63, 3.8) is 0 Å². The zero-order chi connectivity index (χ0) is 16.7. The number of amides is 2. The van der Waals surface area contributed by atoms with Crippen molar-refractivity contribution in [2.45, 2.75) is 12.6 Å². The Labute approximate surface area is 139 Å². The molecule has 23 heavy (non-hydrogen) atoms. The normalized spacial score (nSPS) is 11.6. The van der Waals surface area contributed by atoms with Crippen molar-refractivity contribution < 1.29 is 19.4 Å². The van der Waals surface area contributed by atoms with Gasteiger partial charge < -0.3 is 25.2 Å². The number of ether oxygens (including phenoxy) is 2. The molecule has 2 aromatic rings. The Morgan fingerprint density at radius 2 is 2.00 bits per heavy atom. The minimum Gasteiger partial charge on any atom is -0.493 e. The molecule has 1 heterocycles. The lowest BCUT2D eigenvalue weighted by Gasteiger charge is -2.15. The van der Waals surface area contributed by atoms with Gasteiger partial charge in [-0.25, -0.2) is 4.79 Å². The molecule has 0 aliphatic heterocycles. The van der Waals surface area contributed by atoms with Crippen LogP contribution in [0.25, 0.3) is 0 Å². The highest BCUT2D eigenvalue weighted by Crippen LogP contribution is 2.29. The number of aliphatic hydroxyl groups excluding tert-OH is 1. The molecule has 0 saturated carbocycles. The van der Waals surface area contributed by atoms with Crippen molar-refractivity contribution in [2.75, 3.05) is 20.8 Å². The van der Waals surface area contributed by atoms with Crippen LogP contribution in [-0.2, 0) is 6.54 Å². The zero-order valence-corrected chi connectivity index (χ0v) is 13.9. The maximum atomic E-state index is 11.7. The summed E-state index contributed by atoms with van der Waals surface area (Å²) in [6.07, 6.45) is -0.831. The summed E-state index contributed by atoms with van der Waals surface area (Å²) in [4.78, 5) is 12.8. The number of rotatable bonds is 7. The van der Waals surface area contributed by atoms with E-state index in [4.69, 9.17) is 9.47 Å². The number of carbonyl (C=O) groups excluding carboxylic acids is 1. The first kappa shape index (κ1) is 17.1. The van der Waals surface area contributed by atoms with Crippen LogP contribution in [-0.4, -0.2) is 31.9 Å². The first-order valence-electron chi connectivity index (χ1n) is 7.08. The van der Waals surface area contributed by atoms with E-state index in [0.717, 1.165) is 4.88 Å². The van der Waals surface area contributed by atoms with Crippen LogP contribution in [0, 0.1) is 0 Å². The summed E-state index contributed by atoms with van der Waals surface area (Å²) in [6.45, 7) is 0.571. The molecular formula is C16H20N2O4S. The highest BCUT2D eigenvalue weighted by molar-refractivity contribution is 7.09. The second-order valence-electron chi connectivity index (χ2n) is 4.77. The molecular weight excluding hydrogens is 316 g/mol. The number of hydrogen-bond donors (Lipinski definition) is 3. The quantitative estimate of drug-likeness (QED) is 0.725. The monoisotopic (exact) mass is 336 g/mol. The van der Waals surface area contributed by atoms with Crippen LogP contribution in [0.15, 0.2) is 35.7 Å². The molecule has 0 fully saturated rings. The minimum absolute atomic E-state index is 0.103. The summed E-state index contributed by atoms with van der Waals surface area (Å²) in [5.74, 6) is 1.12. The Morgan fingerprint density at radius 1 is 1.22 bits per heavy atom. The van der Waals surface area contributed by atoms with E-state index >= 15 is 0 Å². The molecule has 1 aromatic heterocycles. The number of benzene rings is 1. The number of thiophene rings is 1. The van der Waals surface area contributed by atoms with Gasteiger partial charge in [0.1, 0.15) is 0 Å². The van der Waals surface area contributed by atoms with Crippen molar-refractivity contribution >= 4 is 17.4 Å². The number of urea groups is 1. The number of nitrogens with one attached hydrogen (secondary N) is 2. The van der Waals surface area contributed by atoms with Crippen molar-refractivity contribution in [2.24, 2.45) is 0 Å². The SMILES string of the molecule is COc1ccc(C(O)CNC(=O)NCc2cccs2)cc1OC. The Balaban J connectivity index is 1.84. The van der Waals surface area contributed by atoms with Crippen LogP contribution in [0.5, 0.6) is 11.5 Å². The highest BCUT2D eigenvalue weighted by atomic mass is 32.1. The molecule has 0 radical (unpaired) electrons. The van der Waals surface area contributed by atoms with Gasteiger partial charge in [0.15, 0.2) is 11.5 Å². The van der Waals surface area contributed by atoms with E-state index in [1.54, 1.807) is 36.6 Å². The lowest BCUT2D eigenvalue weighted by Crippen LogP contribution is -2.37. The van der Waals surface area contributed by atoms with Crippen molar-refractivity contribution in [3.8, 4) is 11.5 Å². The fourth-order valence-electron chi connectivity index (χ4n) is 2.01. The first-order valence-corrected chi connectivity index (χ1v) is 7.96. The molecule has 7 heteroatoms.